The number of hydrogen-bond acceptors (Lipinski definition) is 0. The van der Waals surface area contributed by atoms with Gasteiger partial charge in [0, 0.05) is 0 Å². The van der Waals surface area contributed by atoms with Crippen molar-refractivity contribution < 1.29 is 0 Å². The summed E-state index contributed by atoms with van der Waals surface area (Å²) in [5.41, 5.74) is 0. The van der Waals surface area contributed by atoms with Gasteiger partial charge in [-0.15, -0.1) is 0 Å². The highest BCUT2D eigenvalue weighted by molar-refractivity contribution is 5.10. The van der Waals surface area contributed by atoms with Gasteiger partial charge in [0.05, 0.1) is 0 Å². The van der Waals surface area contributed by atoms with Crippen LogP contribution in [-0.4, -0.2) is 0 Å². The van der Waals surface area contributed by atoms with Crippen molar-refractivity contribution in [3.05, 3.63) is 0 Å². The van der Waals surface area contributed by atoms with Crippen molar-refractivity contribution in [1.82, 2.24) is 0 Å². The van der Waals surface area contributed by atoms with E-state index in [0.717, 1.165) is 17.8 Å². The first-order valence-corrected chi connectivity index (χ1v) is 7.25. The molecule has 4 saturated carbocycles. The summed E-state index contributed by atoms with van der Waals surface area (Å²) in [4.78, 5) is 0. The molecule has 0 N–H and O–H groups in total. The highest BCUT2D eigenvalue weighted by atomic mass is 14.7. The van der Waals surface area contributed by atoms with Gasteiger partial charge >= 0.3 is 0 Å². The third-order valence-corrected chi connectivity index (χ3v) is 6.64. The van der Waals surface area contributed by atoms with Crippen LogP contribution in [0, 0.1) is 47.3 Å². The van der Waals surface area contributed by atoms with E-state index < -0.39 is 0 Å². The summed E-state index contributed by atoms with van der Waals surface area (Å²) in [5.74, 6) is 9.17. The Morgan fingerprint density at radius 1 is 0.800 bits per heavy atom. The van der Waals surface area contributed by atoms with E-state index in [4.69, 9.17) is 0 Å². The maximum Gasteiger partial charge on any atom is -0.0321 e. The predicted octanol–water partition coefficient (Wildman–Crippen LogP) is 3.96. The Bertz CT molecular complexity index is 280. The molecule has 0 amide bonds. The van der Waals surface area contributed by atoms with E-state index in [9.17, 15) is 0 Å². The van der Waals surface area contributed by atoms with Gasteiger partial charge in [-0.1, -0.05) is 13.8 Å². The Kier molecular flexibility index (Phi) is 1.70. The molecule has 0 heteroatoms. The highest BCUT2D eigenvalue weighted by Crippen LogP contribution is 2.69. The van der Waals surface area contributed by atoms with E-state index >= 15 is 0 Å². The largest absolute Gasteiger partial charge is 0.0625 e. The molecule has 0 aromatic carbocycles. The zero-order valence-corrected chi connectivity index (χ0v) is 10.2. The third-order valence-electron chi connectivity index (χ3n) is 6.64. The van der Waals surface area contributed by atoms with Crippen LogP contribution >= 0.6 is 0 Å². The molecule has 84 valence electrons. The normalized spacial score (nSPS) is 60.6. The van der Waals surface area contributed by atoms with Gasteiger partial charge < -0.3 is 0 Å². The van der Waals surface area contributed by atoms with Crippen LogP contribution in [0.15, 0.2) is 0 Å². The molecule has 4 rings (SSSR count). The van der Waals surface area contributed by atoms with Gasteiger partial charge in [0.1, 0.15) is 0 Å². The minimum Gasteiger partial charge on any atom is -0.0625 e. The summed E-state index contributed by atoms with van der Waals surface area (Å²) in [6.45, 7) is 4.93. The van der Waals surface area contributed by atoms with Crippen molar-refractivity contribution in [3.8, 4) is 0 Å². The van der Waals surface area contributed by atoms with E-state index in [0.29, 0.717) is 0 Å². The van der Waals surface area contributed by atoms with Crippen molar-refractivity contribution in [2.24, 2.45) is 47.3 Å². The van der Waals surface area contributed by atoms with Gasteiger partial charge in [0.2, 0.25) is 0 Å². The second-order valence-electron chi connectivity index (χ2n) is 7.29. The van der Waals surface area contributed by atoms with Crippen molar-refractivity contribution in [2.45, 2.75) is 46.0 Å². The summed E-state index contributed by atoms with van der Waals surface area (Å²) in [7, 11) is 0. The molecule has 4 bridgehead atoms. The molecule has 0 nitrogen and oxygen atoms in total. The third kappa shape index (κ3) is 0.996. The second kappa shape index (κ2) is 2.81. The number of fused-ring (bicyclic) bond motifs is 9. The zero-order chi connectivity index (χ0) is 10.2. The molecule has 0 aromatic heterocycles. The molecule has 4 fully saturated rings. The Morgan fingerprint density at radius 2 is 1.53 bits per heavy atom. The fraction of sp³-hybridized carbons (Fsp3) is 1.00. The van der Waals surface area contributed by atoms with E-state index in [1.165, 1.54) is 29.6 Å². The Balaban J connectivity index is 1.66. The standard InChI is InChI=1S/C15H24/c1-8(2)12-6-11-7-13(12)15-10-4-3-9(5-10)14(11)15/h8-15H,3-7H2,1-2H3. The average Bonchev–Trinajstić information content (AvgIpc) is 2.95. The minimum absolute atomic E-state index is 0.958. The van der Waals surface area contributed by atoms with Gasteiger partial charge in [0.25, 0.3) is 0 Å². The summed E-state index contributed by atoms with van der Waals surface area (Å²) in [6.07, 6.45) is 8.06. The summed E-state index contributed by atoms with van der Waals surface area (Å²) in [5, 5.41) is 0. The van der Waals surface area contributed by atoms with Crippen LogP contribution in [0.1, 0.15) is 46.0 Å². The SMILES string of the molecule is CC(C)C1CC2CC1C1C3CCC(C3)C21. The molecule has 0 saturated heterocycles. The molecule has 4 aliphatic carbocycles. The van der Waals surface area contributed by atoms with Crippen LogP contribution in [-0.2, 0) is 0 Å². The molecule has 0 spiro atoms. The maximum absolute atomic E-state index is 2.47. The van der Waals surface area contributed by atoms with Crippen molar-refractivity contribution in [3.63, 3.8) is 0 Å². The topological polar surface area (TPSA) is 0 Å². The molecule has 0 heterocycles. The molecule has 0 radical (unpaired) electrons. The van der Waals surface area contributed by atoms with Crippen LogP contribution in [0.3, 0.4) is 0 Å². The summed E-state index contributed by atoms with van der Waals surface area (Å²) in [6, 6.07) is 0. The van der Waals surface area contributed by atoms with Gasteiger partial charge in [0.15, 0.2) is 0 Å². The Labute approximate surface area is 93.8 Å². The summed E-state index contributed by atoms with van der Waals surface area (Å²) >= 11 is 0. The van der Waals surface area contributed by atoms with Gasteiger partial charge in [-0.25, -0.2) is 0 Å². The molecule has 7 unspecified atom stereocenters. The van der Waals surface area contributed by atoms with E-state index in [1.807, 2.05) is 0 Å². The van der Waals surface area contributed by atoms with E-state index in [2.05, 4.69) is 13.8 Å². The molecular formula is C15H24. The lowest BCUT2D eigenvalue weighted by Crippen LogP contribution is -2.34. The Hall–Kier alpha value is 0. The predicted molar refractivity (Wildman–Crippen MR) is 62.4 cm³/mol. The Morgan fingerprint density at radius 3 is 2.27 bits per heavy atom. The fourth-order valence-corrected chi connectivity index (χ4v) is 6.38. The molecule has 0 aromatic rings. The first kappa shape index (κ1) is 9.07. The first-order chi connectivity index (χ1) is 7.25. The van der Waals surface area contributed by atoms with Crippen molar-refractivity contribution >= 4 is 0 Å². The van der Waals surface area contributed by atoms with Crippen LogP contribution < -0.4 is 0 Å². The molecule has 7 atom stereocenters. The monoisotopic (exact) mass is 204 g/mol. The van der Waals surface area contributed by atoms with Crippen LogP contribution in [0.2, 0.25) is 0 Å². The second-order valence-corrected chi connectivity index (χ2v) is 7.29. The molecule has 15 heavy (non-hydrogen) atoms. The first-order valence-electron chi connectivity index (χ1n) is 7.25. The quantitative estimate of drug-likeness (QED) is 0.567. The smallest absolute Gasteiger partial charge is 0.0321 e. The average molecular weight is 204 g/mol. The molecule has 4 aliphatic rings. The lowest BCUT2D eigenvalue weighted by Gasteiger charge is -2.40. The number of rotatable bonds is 1. The lowest BCUT2D eigenvalue weighted by atomic mass is 9.65. The minimum atomic E-state index is 0.958. The fourth-order valence-electron chi connectivity index (χ4n) is 6.38. The van der Waals surface area contributed by atoms with E-state index in [1.54, 1.807) is 32.1 Å². The summed E-state index contributed by atoms with van der Waals surface area (Å²) < 4.78 is 0. The molecular weight excluding hydrogens is 180 g/mol. The highest BCUT2D eigenvalue weighted by Gasteiger charge is 2.62. The number of hydrogen-bond donors (Lipinski definition) is 0. The van der Waals surface area contributed by atoms with Crippen molar-refractivity contribution in [1.29, 1.82) is 0 Å². The zero-order valence-electron chi connectivity index (χ0n) is 10.2. The van der Waals surface area contributed by atoms with E-state index in [-0.39, 0.29) is 0 Å². The maximum atomic E-state index is 2.47. The van der Waals surface area contributed by atoms with Crippen LogP contribution in [0.5, 0.6) is 0 Å². The lowest BCUT2D eigenvalue weighted by molar-refractivity contribution is 0.0842. The van der Waals surface area contributed by atoms with Crippen molar-refractivity contribution in [2.75, 3.05) is 0 Å². The van der Waals surface area contributed by atoms with Crippen LogP contribution in [0.25, 0.3) is 0 Å². The van der Waals surface area contributed by atoms with Gasteiger partial charge in [-0.05, 0) is 79.4 Å². The van der Waals surface area contributed by atoms with Gasteiger partial charge in [-0.2, -0.15) is 0 Å². The van der Waals surface area contributed by atoms with Gasteiger partial charge in [-0.3, -0.25) is 0 Å². The van der Waals surface area contributed by atoms with Crippen LogP contribution in [0.4, 0.5) is 0 Å². The molecule has 0 aliphatic heterocycles.